The maximum Gasteiger partial charge on any atom is 0.224 e. The highest BCUT2D eigenvalue weighted by Crippen LogP contribution is 2.24. The Hall–Kier alpha value is -1.73. The van der Waals surface area contributed by atoms with Crippen LogP contribution in [-0.4, -0.2) is 21.0 Å². The minimum atomic E-state index is -0.514. The Morgan fingerprint density at radius 2 is 2.20 bits per heavy atom. The molecular formula is C13H12FN3OS2. The van der Waals surface area contributed by atoms with E-state index >= 15 is 0 Å². The van der Waals surface area contributed by atoms with Crippen molar-refractivity contribution in [1.82, 2.24) is 9.97 Å². The van der Waals surface area contributed by atoms with E-state index in [1.165, 1.54) is 24.0 Å². The lowest BCUT2D eigenvalue weighted by Crippen LogP contribution is -1.97. The summed E-state index contributed by atoms with van der Waals surface area (Å²) in [6.07, 6.45) is 4.78. The molecule has 0 aliphatic rings. The molecule has 2 aromatic heterocycles. The van der Waals surface area contributed by atoms with Crippen LogP contribution >= 0.6 is 24.0 Å². The monoisotopic (exact) mass is 309 g/mol. The number of thioether (sulfide) groups is 1. The number of aromatic nitrogens is 2. The summed E-state index contributed by atoms with van der Waals surface area (Å²) < 4.78 is 18.4. The van der Waals surface area contributed by atoms with Crippen molar-refractivity contribution in [1.29, 1.82) is 0 Å². The maximum atomic E-state index is 12.7. The molecule has 0 spiro atoms. The second-order valence-corrected chi connectivity index (χ2v) is 5.36. The summed E-state index contributed by atoms with van der Waals surface area (Å²) in [5.41, 5.74) is 1.45. The van der Waals surface area contributed by atoms with Crippen molar-refractivity contribution in [3.05, 3.63) is 42.7 Å². The number of hydrogen-bond acceptors (Lipinski definition) is 6. The number of pyridine rings is 2. The summed E-state index contributed by atoms with van der Waals surface area (Å²) in [5.74, 6) is -0.514. The minimum absolute atomic E-state index is 0.454. The molecule has 0 aromatic carbocycles. The van der Waals surface area contributed by atoms with Crippen LogP contribution in [-0.2, 0) is 4.74 Å². The van der Waals surface area contributed by atoms with Gasteiger partial charge < -0.3 is 10.1 Å². The topological polar surface area (TPSA) is 47.0 Å². The number of anilines is 2. The van der Waals surface area contributed by atoms with Crippen molar-refractivity contribution >= 4 is 39.7 Å². The highest BCUT2D eigenvalue weighted by molar-refractivity contribution is 8.22. The predicted molar refractivity (Wildman–Crippen MR) is 81.8 cm³/mol. The molecule has 0 aliphatic heterocycles. The molecule has 0 fully saturated rings. The summed E-state index contributed by atoms with van der Waals surface area (Å²) in [7, 11) is 0. The largest absolute Gasteiger partial charge is 0.479 e. The van der Waals surface area contributed by atoms with Crippen LogP contribution in [0.1, 0.15) is 6.92 Å². The van der Waals surface area contributed by atoms with Crippen molar-refractivity contribution in [2.75, 3.05) is 11.9 Å². The molecule has 0 bridgehead atoms. The third-order valence-electron chi connectivity index (χ3n) is 2.19. The Labute approximate surface area is 125 Å². The second-order valence-electron chi connectivity index (χ2n) is 3.69. The van der Waals surface area contributed by atoms with E-state index in [2.05, 4.69) is 15.3 Å². The van der Waals surface area contributed by atoms with Crippen LogP contribution < -0.4 is 5.32 Å². The Morgan fingerprint density at radius 1 is 1.35 bits per heavy atom. The van der Waals surface area contributed by atoms with E-state index in [4.69, 9.17) is 17.0 Å². The van der Waals surface area contributed by atoms with Crippen molar-refractivity contribution < 1.29 is 9.13 Å². The predicted octanol–water partition coefficient (Wildman–Crippen LogP) is 3.77. The SMILES string of the molecule is CCOC(=S)Sc1cncc(Nc2ccc(F)nc2)c1. The molecule has 0 saturated heterocycles. The van der Waals surface area contributed by atoms with Gasteiger partial charge in [0, 0.05) is 11.1 Å². The summed E-state index contributed by atoms with van der Waals surface area (Å²) in [6, 6.07) is 4.78. The van der Waals surface area contributed by atoms with E-state index in [9.17, 15) is 4.39 Å². The Kier molecular flexibility index (Phi) is 5.25. The van der Waals surface area contributed by atoms with Gasteiger partial charge in [0.25, 0.3) is 0 Å². The van der Waals surface area contributed by atoms with E-state index < -0.39 is 5.95 Å². The Morgan fingerprint density at radius 3 is 2.90 bits per heavy atom. The zero-order valence-corrected chi connectivity index (χ0v) is 12.3. The minimum Gasteiger partial charge on any atom is -0.479 e. The van der Waals surface area contributed by atoms with Crippen LogP contribution in [0, 0.1) is 5.95 Å². The molecule has 2 aromatic rings. The molecule has 0 amide bonds. The van der Waals surface area contributed by atoms with Gasteiger partial charge >= 0.3 is 0 Å². The van der Waals surface area contributed by atoms with Crippen LogP contribution in [0.3, 0.4) is 0 Å². The van der Waals surface area contributed by atoms with Crippen molar-refractivity contribution in [3.8, 4) is 0 Å². The molecule has 2 rings (SSSR count). The van der Waals surface area contributed by atoms with E-state index in [1.807, 2.05) is 13.0 Å². The number of ether oxygens (including phenoxy) is 1. The smallest absolute Gasteiger partial charge is 0.224 e. The zero-order valence-electron chi connectivity index (χ0n) is 10.7. The van der Waals surface area contributed by atoms with E-state index in [0.717, 1.165) is 10.6 Å². The van der Waals surface area contributed by atoms with E-state index in [-0.39, 0.29) is 0 Å². The van der Waals surface area contributed by atoms with Gasteiger partial charge in [-0.3, -0.25) is 4.98 Å². The van der Waals surface area contributed by atoms with Gasteiger partial charge in [-0.15, -0.1) is 0 Å². The molecule has 20 heavy (non-hydrogen) atoms. The zero-order chi connectivity index (χ0) is 14.4. The first kappa shape index (κ1) is 14.7. The molecule has 0 atom stereocenters. The van der Waals surface area contributed by atoms with Gasteiger partial charge in [-0.05, 0) is 49.1 Å². The van der Waals surface area contributed by atoms with E-state index in [1.54, 1.807) is 18.5 Å². The normalized spacial score (nSPS) is 10.1. The first-order chi connectivity index (χ1) is 9.67. The molecule has 0 radical (unpaired) electrons. The second kappa shape index (κ2) is 7.16. The van der Waals surface area contributed by atoms with Gasteiger partial charge in [0.1, 0.15) is 0 Å². The Bertz CT molecular complexity index is 592. The average Bonchev–Trinajstić information content (AvgIpc) is 2.42. The lowest BCUT2D eigenvalue weighted by molar-refractivity contribution is 0.346. The summed E-state index contributed by atoms with van der Waals surface area (Å²) in [4.78, 5) is 8.56. The summed E-state index contributed by atoms with van der Waals surface area (Å²) >= 11 is 6.39. The van der Waals surface area contributed by atoms with Gasteiger partial charge in [-0.1, -0.05) is 0 Å². The van der Waals surface area contributed by atoms with Gasteiger partial charge in [-0.25, -0.2) is 4.98 Å². The molecule has 0 saturated carbocycles. The summed E-state index contributed by atoms with van der Waals surface area (Å²) in [5, 5.41) is 3.09. The molecular weight excluding hydrogens is 297 g/mol. The fourth-order valence-electron chi connectivity index (χ4n) is 1.40. The fourth-order valence-corrected chi connectivity index (χ4v) is 2.48. The van der Waals surface area contributed by atoms with Crippen LogP contribution in [0.15, 0.2) is 41.7 Å². The van der Waals surface area contributed by atoms with Gasteiger partial charge in [0.2, 0.25) is 10.3 Å². The van der Waals surface area contributed by atoms with Crippen LogP contribution in [0.4, 0.5) is 15.8 Å². The van der Waals surface area contributed by atoms with Gasteiger partial charge in [0.15, 0.2) is 0 Å². The quantitative estimate of drug-likeness (QED) is 0.527. The molecule has 104 valence electrons. The lowest BCUT2D eigenvalue weighted by atomic mass is 10.3. The molecule has 0 aliphatic carbocycles. The van der Waals surface area contributed by atoms with Crippen molar-refractivity contribution in [2.24, 2.45) is 0 Å². The molecule has 7 heteroatoms. The number of hydrogen-bond donors (Lipinski definition) is 1. The molecule has 0 unspecified atom stereocenters. The number of rotatable bonds is 4. The lowest BCUT2D eigenvalue weighted by Gasteiger charge is -2.08. The standard InChI is InChI=1S/C13H12FN3OS2/c1-2-18-13(19)20-11-5-10(6-15-8-11)17-9-3-4-12(14)16-7-9/h3-8,17H,2H2,1H3. The number of nitrogens with zero attached hydrogens (tertiary/aromatic N) is 2. The van der Waals surface area contributed by atoms with Crippen LogP contribution in [0.5, 0.6) is 0 Å². The average molecular weight is 309 g/mol. The van der Waals surface area contributed by atoms with Gasteiger partial charge in [0.05, 0.1) is 30.4 Å². The first-order valence-corrected chi connectivity index (χ1v) is 7.08. The maximum absolute atomic E-state index is 12.7. The number of nitrogens with one attached hydrogen (secondary N) is 1. The first-order valence-electron chi connectivity index (χ1n) is 5.85. The Balaban J connectivity index is 2.05. The van der Waals surface area contributed by atoms with Crippen LogP contribution in [0.25, 0.3) is 0 Å². The summed E-state index contributed by atoms with van der Waals surface area (Å²) in [6.45, 7) is 2.42. The number of halogens is 1. The highest BCUT2D eigenvalue weighted by Gasteiger charge is 2.03. The van der Waals surface area contributed by atoms with Gasteiger partial charge in [-0.2, -0.15) is 4.39 Å². The van der Waals surface area contributed by atoms with E-state index in [0.29, 0.717) is 16.7 Å². The highest BCUT2D eigenvalue weighted by atomic mass is 32.2. The third kappa shape index (κ3) is 4.43. The third-order valence-corrected chi connectivity index (χ3v) is 3.30. The molecule has 2 heterocycles. The molecule has 1 N–H and O–H groups in total. The number of thiocarbonyl (C=S) groups is 1. The van der Waals surface area contributed by atoms with Crippen LogP contribution in [0.2, 0.25) is 0 Å². The fraction of sp³-hybridized carbons (Fsp3) is 0.154. The molecule has 4 nitrogen and oxygen atoms in total. The van der Waals surface area contributed by atoms with Crippen molar-refractivity contribution in [3.63, 3.8) is 0 Å². The van der Waals surface area contributed by atoms with Crippen molar-refractivity contribution in [2.45, 2.75) is 11.8 Å².